The van der Waals surface area contributed by atoms with Gasteiger partial charge in [-0.05, 0) is 18.6 Å². The molecule has 1 aromatic rings. The minimum absolute atomic E-state index is 0.0837. The molecular weight excluding hydrogens is 302 g/mol. The van der Waals surface area contributed by atoms with Gasteiger partial charge in [0.15, 0.2) is 0 Å². The fourth-order valence-corrected chi connectivity index (χ4v) is 2.77. The van der Waals surface area contributed by atoms with E-state index in [1.165, 1.54) is 6.07 Å². The molecule has 0 saturated carbocycles. The minimum atomic E-state index is -0.984. The Morgan fingerprint density at radius 2 is 2.00 bits per heavy atom. The van der Waals surface area contributed by atoms with E-state index in [9.17, 15) is 19.2 Å². The van der Waals surface area contributed by atoms with Crippen LogP contribution in [-0.4, -0.2) is 47.7 Å². The number of hydrogen-bond acceptors (Lipinski definition) is 6. The van der Waals surface area contributed by atoms with Gasteiger partial charge < -0.3 is 10.5 Å². The Kier molecular flexibility index (Phi) is 3.83. The largest absolute Gasteiger partial charge is 0.491 e. The summed E-state index contributed by atoms with van der Waals surface area (Å²) in [5.74, 6) is -1.93. The minimum Gasteiger partial charge on any atom is -0.491 e. The molecule has 2 aliphatic rings. The van der Waals surface area contributed by atoms with Gasteiger partial charge in [0.1, 0.15) is 18.4 Å². The molecule has 1 aromatic carbocycles. The standard InChI is InChI=1S/C15H15N3O5/c16-6-7-23-10-3-1-2-8-12(10)15(22)18(14(8)21)9-4-5-11(19)17-13(9)20/h1-3,9H,4-7,16H2,(H,17,19,20)/t9-/m1/s1. The van der Waals surface area contributed by atoms with E-state index in [-0.39, 0.29) is 42.9 Å². The zero-order valence-corrected chi connectivity index (χ0v) is 12.2. The molecule has 0 aliphatic carbocycles. The average molecular weight is 317 g/mol. The van der Waals surface area contributed by atoms with E-state index in [0.717, 1.165) is 4.90 Å². The molecule has 0 bridgehead atoms. The summed E-state index contributed by atoms with van der Waals surface area (Å²) >= 11 is 0. The molecule has 1 fully saturated rings. The molecule has 0 spiro atoms. The number of nitrogens with two attached hydrogens (primary N) is 1. The fourth-order valence-electron chi connectivity index (χ4n) is 2.77. The third-order valence-corrected chi connectivity index (χ3v) is 3.81. The van der Waals surface area contributed by atoms with E-state index in [4.69, 9.17) is 10.5 Å². The van der Waals surface area contributed by atoms with Crippen molar-refractivity contribution in [1.82, 2.24) is 10.2 Å². The van der Waals surface area contributed by atoms with Crippen molar-refractivity contribution in [3.05, 3.63) is 29.3 Å². The molecule has 0 radical (unpaired) electrons. The maximum atomic E-state index is 12.6. The summed E-state index contributed by atoms with van der Waals surface area (Å²) in [7, 11) is 0. The van der Waals surface area contributed by atoms with Crippen molar-refractivity contribution in [3.8, 4) is 5.75 Å². The van der Waals surface area contributed by atoms with Gasteiger partial charge in [0, 0.05) is 13.0 Å². The first-order chi connectivity index (χ1) is 11.0. The Bertz CT molecular complexity index is 715. The summed E-state index contributed by atoms with van der Waals surface area (Å²) < 4.78 is 5.42. The van der Waals surface area contributed by atoms with Gasteiger partial charge in [-0.1, -0.05) is 6.07 Å². The Labute approximate surface area is 131 Å². The predicted octanol–water partition coefficient (Wildman–Crippen LogP) is -0.575. The molecule has 1 atom stereocenters. The van der Waals surface area contributed by atoms with Gasteiger partial charge in [0.25, 0.3) is 11.8 Å². The zero-order valence-electron chi connectivity index (χ0n) is 12.2. The van der Waals surface area contributed by atoms with E-state index in [1.54, 1.807) is 12.1 Å². The quantitative estimate of drug-likeness (QED) is 0.718. The molecule has 120 valence electrons. The molecule has 3 N–H and O–H groups in total. The second-order valence-electron chi connectivity index (χ2n) is 5.26. The first kappa shape index (κ1) is 15.2. The molecule has 1 saturated heterocycles. The van der Waals surface area contributed by atoms with E-state index >= 15 is 0 Å². The van der Waals surface area contributed by atoms with Crippen LogP contribution in [-0.2, 0) is 9.59 Å². The second-order valence-corrected chi connectivity index (χ2v) is 5.26. The SMILES string of the molecule is NCCOc1cccc2c1C(=O)N([C@@H]1CCC(=O)NC1=O)C2=O. The van der Waals surface area contributed by atoms with Crippen molar-refractivity contribution < 1.29 is 23.9 Å². The highest BCUT2D eigenvalue weighted by atomic mass is 16.5. The molecule has 4 amide bonds. The van der Waals surface area contributed by atoms with E-state index in [2.05, 4.69) is 5.32 Å². The number of amides is 4. The van der Waals surface area contributed by atoms with Crippen LogP contribution in [0.4, 0.5) is 0 Å². The average Bonchev–Trinajstić information content (AvgIpc) is 2.78. The normalized spacial score (nSPS) is 20.6. The molecule has 8 nitrogen and oxygen atoms in total. The van der Waals surface area contributed by atoms with Crippen molar-refractivity contribution >= 4 is 23.6 Å². The second kappa shape index (κ2) is 5.81. The topological polar surface area (TPSA) is 119 Å². The number of rotatable bonds is 4. The lowest BCUT2D eigenvalue weighted by molar-refractivity contribution is -0.136. The molecule has 0 aromatic heterocycles. The lowest BCUT2D eigenvalue weighted by Gasteiger charge is -2.27. The van der Waals surface area contributed by atoms with Crippen molar-refractivity contribution in [2.24, 2.45) is 5.73 Å². The van der Waals surface area contributed by atoms with Crippen LogP contribution in [0.2, 0.25) is 0 Å². The van der Waals surface area contributed by atoms with Crippen LogP contribution in [0.1, 0.15) is 33.6 Å². The molecule has 8 heteroatoms. The number of carbonyl (C=O) groups is 4. The summed E-state index contributed by atoms with van der Waals surface area (Å²) in [6, 6.07) is 3.70. The molecule has 2 aliphatic heterocycles. The Morgan fingerprint density at radius 3 is 2.70 bits per heavy atom. The first-order valence-electron chi connectivity index (χ1n) is 7.22. The van der Waals surface area contributed by atoms with Crippen LogP contribution < -0.4 is 15.8 Å². The predicted molar refractivity (Wildman–Crippen MR) is 77.7 cm³/mol. The van der Waals surface area contributed by atoms with Crippen LogP contribution in [0, 0.1) is 0 Å². The van der Waals surface area contributed by atoms with Crippen molar-refractivity contribution in [2.45, 2.75) is 18.9 Å². The number of nitrogens with one attached hydrogen (secondary N) is 1. The lowest BCUT2D eigenvalue weighted by atomic mass is 10.0. The Hall–Kier alpha value is -2.74. The number of carbonyl (C=O) groups excluding carboxylic acids is 4. The number of hydrogen-bond donors (Lipinski definition) is 2. The van der Waals surface area contributed by atoms with Crippen molar-refractivity contribution in [1.29, 1.82) is 0 Å². The molecule has 3 rings (SSSR count). The highest BCUT2D eigenvalue weighted by Crippen LogP contribution is 2.33. The van der Waals surface area contributed by atoms with Gasteiger partial charge in [-0.2, -0.15) is 0 Å². The van der Waals surface area contributed by atoms with Gasteiger partial charge >= 0.3 is 0 Å². The van der Waals surface area contributed by atoms with E-state index < -0.39 is 29.7 Å². The fraction of sp³-hybridized carbons (Fsp3) is 0.333. The Morgan fingerprint density at radius 1 is 1.22 bits per heavy atom. The number of fused-ring (bicyclic) bond motifs is 1. The third-order valence-electron chi connectivity index (χ3n) is 3.81. The van der Waals surface area contributed by atoms with Crippen molar-refractivity contribution in [3.63, 3.8) is 0 Å². The smallest absolute Gasteiger partial charge is 0.266 e. The van der Waals surface area contributed by atoms with Gasteiger partial charge in [0.2, 0.25) is 11.8 Å². The van der Waals surface area contributed by atoms with Crippen LogP contribution in [0.15, 0.2) is 18.2 Å². The zero-order chi connectivity index (χ0) is 16.6. The van der Waals surface area contributed by atoms with Gasteiger partial charge in [-0.25, -0.2) is 0 Å². The van der Waals surface area contributed by atoms with E-state index in [0.29, 0.717) is 0 Å². The summed E-state index contributed by atoms with van der Waals surface area (Å²) in [5, 5.41) is 2.15. The highest BCUT2D eigenvalue weighted by molar-refractivity contribution is 6.24. The summed E-state index contributed by atoms with van der Waals surface area (Å²) in [4.78, 5) is 49.3. The monoisotopic (exact) mass is 317 g/mol. The first-order valence-corrected chi connectivity index (χ1v) is 7.22. The van der Waals surface area contributed by atoms with Gasteiger partial charge in [-0.3, -0.25) is 29.4 Å². The van der Waals surface area contributed by atoms with Gasteiger partial charge in [-0.15, -0.1) is 0 Å². The van der Waals surface area contributed by atoms with Crippen molar-refractivity contribution in [2.75, 3.05) is 13.2 Å². The highest BCUT2D eigenvalue weighted by Gasteiger charge is 2.45. The summed E-state index contributed by atoms with van der Waals surface area (Å²) in [6.45, 7) is 0.471. The lowest BCUT2D eigenvalue weighted by Crippen LogP contribution is -2.54. The summed E-state index contributed by atoms with van der Waals surface area (Å²) in [6.07, 6.45) is 0.204. The molecular formula is C15H15N3O5. The number of nitrogens with zero attached hydrogens (tertiary/aromatic N) is 1. The van der Waals surface area contributed by atoms with Crippen LogP contribution in [0.25, 0.3) is 0 Å². The molecule has 23 heavy (non-hydrogen) atoms. The van der Waals surface area contributed by atoms with Crippen LogP contribution >= 0.6 is 0 Å². The number of imide groups is 2. The van der Waals surface area contributed by atoms with Crippen LogP contribution in [0.3, 0.4) is 0 Å². The molecule has 2 heterocycles. The van der Waals surface area contributed by atoms with Crippen LogP contribution in [0.5, 0.6) is 5.75 Å². The third kappa shape index (κ3) is 2.46. The maximum absolute atomic E-state index is 12.6. The molecule has 0 unspecified atom stereocenters. The Balaban J connectivity index is 1.94. The van der Waals surface area contributed by atoms with E-state index in [1.807, 2.05) is 0 Å². The number of benzene rings is 1. The van der Waals surface area contributed by atoms with Gasteiger partial charge in [0.05, 0.1) is 11.1 Å². The number of ether oxygens (including phenoxy) is 1. The maximum Gasteiger partial charge on any atom is 0.266 e. The number of piperidine rings is 1. The summed E-state index contributed by atoms with van der Waals surface area (Å²) in [5.41, 5.74) is 5.71.